The zero-order valence-corrected chi connectivity index (χ0v) is 20.1. The fourth-order valence-corrected chi connectivity index (χ4v) is 5.35. The molecule has 1 saturated heterocycles. The van der Waals surface area contributed by atoms with Crippen LogP contribution in [0.5, 0.6) is 0 Å². The monoisotopic (exact) mass is 476 g/mol. The van der Waals surface area contributed by atoms with Crippen molar-refractivity contribution in [2.75, 3.05) is 38.6 Å². The van der Waals surface area contributed by atoms with Crippen molar-refractivity contribution in [3.63, 3.8) is 0 Å². The second kappa shape index (κ2) is 9.68. The van der Waals surface area contributed by atoms with Gasteiger partial charge in [0.05, 0.1) is 10.5 Å². The molecule has 0 spiro atoms. The van der Waals surface area contributed by atoms with Gasteiger partial charge in [-0.05, 0) is 50.3 Å². The summed E-state index contributed by atoms with van der Waals surface area (Å²) in [5.74, 6) is 0.522. The molecule has 1 N–H and O–H groups in total. The summed E-state index contributed by atoms with van der Waals surface area (Å²) in [7, 11) is -0.712. The van der Waals surface area contributed by atoms with Gasteiger partial charge in [0, 0.05) is 58.9 Å². The second-order valence-electron chi connectivity index (χ2n) is 8.80. The number of nitrogens with zero attached hydrogens (tertiary/aromatic N) is 5. The molecule has 0 saturated carbocycles. The van der Waals surface area contributed by atoms with Crippen molar-refractivity contribution in [2.45, 2.75) is 56.5 Å². The Bertz CT molecular complexity index is 1180. The minimum atomic E-state index is -3.65. The fourth-order valence-electron chi connectivity index (χ4n) is 4.42. The van der Waals surface area contributed by atoms with Crippen LogP contribution in [0.3, 0.4) is 0 Å². The van der Waals surface area contributed by atoms with E-state index in [0.29, 0.717) is 25.1 Å². The third kappa shape index (κ3) is 4.84. The Morgan fingerprint density at radius 3 is 2.55 bits per heavy atom. The zero-order valence-electron chi connectivity index (χ0n) is 19.3. The number of aryl methyl sites for hydroxylation is 2. The van der Waals surface area contributed by atoms with Crippen molar-refractivity contribution < 1.29 is 13.2 Å². The largest absolute Gasteiger partial charge is 0.371 e. The Hall–Kier alpha value is -2.66. The Labute approximate surface area is 194 Å². The Balaban J connectivity index is 1.46. The van der Waals surface area contributed by atoms with Crippen molar-refractivity contribution in [3.05, 3.63) is 40.1 Å². The fraction of sp³-hybridized carbons (Fsp3) is 0.591. The quantitative estimate of drug-likeness (QED) is 0.571. The number of carbonyl (C=O) groups is 1. The SMILES string of the molecule is CN(C)S(=O)(=O)c1ccc(N2CCCC2)c(C(=O)NCCCn2nc3n(c2=O)CCCC3)c1. The van der Waals surface area contributed by atoms with Crippen LogP contribution in [0.4, 0.5) is 5.69 Å². The van der Waals surface area contributed by atoms with E-state index in [1.54, 1.807) is 16.7 Å². The van der Waals surface area contributed by atoms with Gasteiger partial charge in [-0.25, -0.2) is 22.2 Å². The second-order valence-corrected chi connectivity index (χ2v) is 11.0. The lowest BCUT2D eigenvalue weighted by atomic mass is 10.1. The predicted octanol–water partition coefficient (Wildman–Crippen LogP) is 1.05. The van der Waals surface area contributed by atoms with E-state index in [1.807, 2.05) is 0 Å². The lowest BCUT2D eigenvalue weighted by molar-refractivity contribution is 0.0953. The van der Waals surface area contributed by atoms with E-state index >= 15 is 0 Å². The van der Waals surface area contributed by atoms with Crippen LogP contribution in [0.15, 0.2) is 27.9 Å². The first-order valence-electron chi connectivity index (χ1n) is 11.6. The van der Waals surface area contributed by atoms with Gasteiger partial charge in [0.15, 0.2) is 0 Å². The van der Waals surface area contributed by atoms with Gasteiger partial charge in [0.25, 0.3) is 5.91 Å². The van der Waals surface area contributed by atoms with Crippen molar-refractivity contribution in [3.8, 4) is 0 Å². The molecule has 0 unspecified atom stereocenters. The van der Waals surface area contributed by atoms with Gasteiger partial charge in [-0.3, -0.25) is 9.36 Å². The topological polar surface area (TPSA) is 110 Å². The molecule has 1 aromatic heterocycles. The third-order valence-corrected chi connectivity index (χ3v) is 8.11. The Morgan fingerprint density at radius 2 is 1.85 bits per heavy atom. The van der Waals surface area contributed by atoms with Gasteiger partial charge in [-0.15, -0.1) is 0 Å². The van der Waals surface area contributed by atoms with Crippen LogP contribution in [-0.4, -0.2) is 66.7 Å². The molecule has 2 aromatic rings. The molecular weight excluding hydrogens is 444 g/mol. The van der Waals surface area contributed by atoms with E-state index in [1.165, 1.54) is 24.8 Å². The summed E-state index contributed by atoms with van der Waals surface area (Å²) in [4.78, 5) is 27.7. The summed E-state index contributed by atoms with van der Waals surface area (Å²) < 4.78 is 29.6. The number of hydrogen-bond donors (Lipinski definition) is 1. The molecule has 0 bridgehead atoms. The molecule has 10 nitrogen and oxygen atoms in total. The first-order valence-corrected chi connectivity index (χ1v) is 13.0. The number of carbonyl (C=O) groups excluding carboxylic acids is 1. The third-order valence-electron chi connectivity index (χ3n) is 6.30. The Morgan fingerprint density at radius 1 is 1.12 bits per heavy atom. The zero-order chi connectivity index (χ0) is 23.6. The molecule has 0 atom stereocenters. The number of hydrogen-bond acceptors (Lipinski definition) is 6. The molecule has 33 heavy (non-hydrogen) atoms. The highest BCUT2D eigenvalue weighted by Gasteiger charge is 2.24. The summed E-state index contributed by atoms with van der Waals surface area (Å²) >= 11 is 0. The number of anilines is 1. The number of nitrogens with one attached hydrogen (secondary N) is 1. The molecule has 0 aliphatic carbocycles. The van der Waals surface area contributed by atoms with Crippen molar-refractivity contribution in [1.82, 2.24) is 24.0 Å². The standard InChI is InChI=1S/C22H32N6O4S/c1-25(2)33(31,32)17-9-10-19(26-12-5-6-13-26)18(16-17)21(29)23-11-7-15-28-22(30)27-14-4-3-8-20(27)24-28/h9-10,16H,3-8,11-15H2,1-2H3,(H,23,29). The molecule has 1 aromatic carbocycles. The molecule has 1 fully saturated rings. The number of amides is 1. The molecule has 11 heteroatoms. The van der Waals surface area contributed by atoms with E-state index in [9.17, 15) is 18.0 Å². The first kappa shape index (κ1) is 23.5. The van der Waals surface area contributed by atoms with Gasteiger partial charge in [0.1, 0.15) is 5.82 Å². The lowest BCUT2D eigenvalue weighted by Crippen LogP contribution is -2.31. The molecular formula is C22H32N6O4S. The van der Waals surface area contributed by atoms with Gasteiger partial charge in [-0.2, -0.15) is 5.10 Å². The van der Waals surface area contributed by atoms with Crippen LogP contribution in [0.2, 0.25) is 0 Å². The lowest BCUT2D eigenvalue weighted by Gasteiger charge is -2.22. The van der Waals surface area contributed by atoms with Crippen LogP contribution in [-0.2, 0) is 29.5 Å². The maximum atomic E-state index is 13.1. The number of fused-ring (bicyclic) bond motifs is 1. The summed E-state index contributed by atoms with van der Waals surface area (Å²) in [6.07, 6.45) is 5.51. The molecule has 1 amide bonds. The van der Waals surface area contributed by atoms with E-state index in [0.717, 1.165) is 67.6 Å². The van der Waals surface area contributed by atoms with E-state index in [2.05, 4.69) is 15.3 Å². The summed E-state index contributed by atoms with van der Waals surface area (Å²) in [6, 6.07) is 4.75. The average Bonchev–Trinajstić information content (AvgIpc) is 3.45. The minimum Gasteiger partial charge on any atom is -0.371 e. The van der Waals surface area contributed by atoms with Crippen LogP contribution >= 0.6 is 0 Å². The van der Waals surface area contributed by atoms with E-state index in [-0.39, 0.29) is 16.5 Å². The highest BCUT2D eigenvalue weighted by atomic mass is 32.2. The maximum absolute atomic E-state index is 13.1. The summed E-state index contributed by atoms with van der Waals surface area (Å²) in [6.45, 7) is 3.18. The highest BCUT2D eigenvalue weighted by Crippen LogP contribution is 2.28. The van der Waals surface area contributed by atoms with Crippen LogP contribution < -0.4 is 15.9 Å². The molecule has 0 radical (unpaired) electrons. The van der Waals surface area contributed by atoms with Gasteiger partial charge >= 0.3 is 5.69 Å². The molecule has 2 aliphatic rings. The van der Waals surface area contributed by atoms with Gasteiger partial charge < -0.3 is 10.2 Å². The van der Waals surface area contributed by atoms with Crippen molar-refractivity contribution in [2.24, 2.45) is 0 Å². The maximum Gasteiger partial charge on any atom is 0.345 e. The van der Waals surface area contributed by atoms with Crippen LogP contribution in [0.25, 0.3) is 0 Å². The van der Waals surface area contributed by atoms with Crippen LogP contribution in [0.1, 0.15) is 48.3 Å². The van der Waals surface area contributed by atoms with E-state index in [4.69, 9.17) is 0 Å². The minimum absolute atomic E-state index is 0.0889. The predicted molar refractivity (Wildman–Crippen MR) is 125 cm³/mol. The van der Waals surface area contributed by atoms with Crippen molar-refractivity contribution in [1.29, 1.82) is 0 Å². The molecule has 180 valence electrons. The summed E-state index contributed by atoms with van der Waals surface area (Å²) in [5.41, 5.74) is 1.02. The highest BCUT2D eigenvalue weighted by molar-refractivity contribution is 7.89. The summed E-state index contributed by atoms with van der Waals surface area (Å²) in [5, 5.41) is 7.32. The average molecular weight is 477 g/mol. The number of benzene rings is 1. The first-order chi connectivity index (χ1) is 15.8. The normalized spacial score (nSPS) is 16.3. The van der Waals surface area contributed by atoms with Gasteiger partial charge in [0.2, 0.25) is 10.0 Å². The number of sulfonamides is 1. The molecule has 4 rings (SSSR count). The number of aromatic nitrogens is 3. The smallest absolute Gasteiger partial charge is 0.345 e. The molecule has 3 heterocycles. The van der Waals surface area contributed by atoms with Gasteiger partial charge in [-0.1, -0.05) is 0 Å². The van der Waals surface area contributed by atoms with Crippen LogP contribution in [0, 0.1) is 0 Å². The van der Waals surface area contributed by atoms with Crippen molar-refractivity contribution >= 4 is 21.6 Å². The number of rotatable bonds is 8. The molecule has 2 aliphatic heterocycles. The van der Waals surface area contributed by atoms with E-state index < -0.39 is 10.0 Å². The Kier molecular flexibility index (Phi) is 6.89.